The molecule has 0 aromatic carbocycles. The second-order valence-electron chi connectivity index (χ2n) is 5.76. The van der Waals surface area contributed by atoms with Gasteiger partial charge in [-0.3, -0.25) is 10.1 Å². The summed E-state index contributed by atoms with van der Waals surface area (Å²) in [6, 6.07) is 2.19. The van der Waals surface area contributed by atoms with Crippen LogP contribution in [-0.4, -0.2) is 15.9 Å². The Hall–Kier alpha value is -1.65. The third-order valence-corrected chi connectivity index (χ3v) is 4.04. The molecule has 0 spiro atoms. The lowest BCUT2D eigenvalue weighted by Gasteiger charge is -2.33. The maximum Gasteiger partial charge on any atom is 0.290 e. The van der Waals surface area contributed by atoms with E-state index in [1.807, 2.05) is 0 Å². The second-order valence-corrected chi connectivity index (χ2v) is 5.76. The molecule has 5 heteroatoms. The van der Waals surface area contributed by atoms with Gasteiger partial charge in [-0.1, -0.05) is 13.8 Å². The predicted octanol–water partition coefficient (Wildman–Crippen LogP) is 3.53. The zero-order chi connectivity index (χ0) is 14.0. The van der Waals surface area contributed by atoms with Gasteiger partial charge >= 0.3 is 0 Å². The molecule has 1 N–H and O–H groups in total. The summed E-state index contributed by atoms with van der Waals surface area (Å²) in [6.07, 6.45) is 4.94. The Morgan fingerprint density at radius 2 is 2.16 bits per heavy atom. The fraction of sp³-hybridized carbons (Fsp3) is 0.643. The molecule has 3 unspecified atom stereocenters. The van der Waals surface area contributed by atoms with Gasteiger partial charge in [0.2, 0.25) is 0 Å². The van der Waals surface area contributed by atoms with Gasteiger partial charge in [0.25, 0.3) is 5.69 Å². The van der Waals surface area contributed by atoms with Crippen molar-refractivity contribution in [1.82, 2.24) is 4.98 Å². The van der Waals surface area contributed by atoms with Crippen LogP contribution in [0.3, 0.4) is 0 Å². The Labute approximate surface area is 113 Å². The lowest BCUT2D eigenvalue weighted by Crippen LogP contribution is -2.33. The van der Waals surface area contributed by atoms with E-state index in [4.69, 9.17) is 0 Å². The van der Waals surface area contributed by atoms with E-state index in [-0.39, 0.29) is 5.69 Å². The summed E-state index contributed by atoms with van der Waals surface area (Å²) in [5.41, 5.74) is 0.732. The van der Waals surface area contributed by atoms with E-state index in [0.717, 1.165) is 18.2 Å². The minimum absolute atomic E-state index is 0.0795. The molecule has 1 aromatic heterocycles. The largest absolute Gasteiger partial charge is 0.367 e. The number of nitro groups is 1. The molecule has 2 rings (SSSR count). The number of aromatic nitrogens is 1. The molecule has 1 aliphatic rings. The molecular weight excluding hydrogens is 242 g/mol. The molecule has 1 aliphatic carbocycles. The van der Waals surface area contributed by atoms with Crippen LogP contribution in [0.2, 0.25) is 0 Å². The van der Waals surface area contributed by atoms with E-state index in [2.05, 4.69) is 24.1 Å². The molecular formula is C14H21N3O2. The van der Waals surface area contributed by atoms with Crippen LogP contribution < -0.4 is 5.32 Å². The van der Waals surface area contributed by atoms with Gasteiger partial charge in [-0.05, 0) is 44.1 Å². The van der Waals surface area contributed by atoms with Crippen LogP contribution in [0.1, 0.15) is 38.7 Å². The SMILES string of the molecule is Cc1cc(NC2CCC(C)CC2C)ncc1[N+](=O)[O-]. The molecule has 1 heterocycles. The highest BCUT2D eigenvalue weighted by Gasteiger charge is 2.25. The van der Waals surface area contributed by atoms with E-state index in [9.17, 15) is 10.1 Å². The summed E-state index contributed by atoms with van der Waals surface area (Å²) < 4.78 is 0. The lowest BCUT2D eigenvalue weighted by molar-refractivity contribution is -0.385. The molecule has 5 nitrogen and oxygen atoms in total. The van der Waals surface area contributed by atoms with Crippen LogP contribution in [0.15, 0.2) is 12.3 Å². The normalized spacial score (nSPS) is 27.0. The van der Waals surface area contributed by atoms with Crippen molar-refractivity contribution in [2.24, 2.45) is 11.8 Å². The van der Waals surface area contributed by atoms with E-state index >= 15 is 0 Å². The number of pyridine rings is 1. The standard InChI is InChI=1S/C14H21N3O2/c1-9-4-5-12(10(2)6-9)16-14-7-11(3)13(8-15-14)17(18)19/h7-10,12H,4-6H2,1-3H3,(H,15,16). The van der Waals surface area contributed by atoms with Crippen molar-refractivity contribution in [2.75, 3.05) is 5.32 Å². The predicted molar refractivity (Wildman–Crippen MR) is 75.2 cm³/mol. The Balaban J connectivity index is 2.07. The molecule has 0 saturated heterocycles. The van der Waals surface area contributed by atoms with E-state index in [1.54, 1.807) is 13.0 Å². The number of rotatable bonds is 3. The minimum atomic E-state index is -0.392. The van der Waals surface area contributed by atoms with Gasteiger partial charge in [-0.15, -0.1) is 0 Å². The Kier molecular flexibility index (Phi) is 4.02. The van der Waals surface area contributed by atoms with Crippen molar-refractivity contribution in [1.29, 1.82) is 0 Å². The second kappa shape index (κ2) is 5.55. The fourth-order valence-electron chi connectivity index (χ4n) is 2.89. The number of hydrogen-bond acceptors (Lipinski definition) is 4. The molecule has 104 valence electrons. The molecule has 1 saturated carbocycles. The van der Waals surface area contributed by atoms with Gasteiger partial charge in [-0.25, -0.2) is 4.98 Å². The molecule has 1 fully saturated rings. The molecule has 1 aromatic rings. The van der Waals surface area contributed by atoms with Crippen molar-refractivity contribution >= 4 is 11.5 Å². The summed E-state index contributed by atoms with van der Waals surface area (Å²) in [7, 11) is 0. The first-order valence-corrected chi connectivity index (χ1v) is 6.85. The average Bonchev–Trinajstić information content (AvgIpc) is 2.32. The van der Waals surface area contributed by atoms with Crippen molar-refractivity contribution in [3.8, 4) is 0 Å². The molecule has 0 radical (unpaired) electrons. The van der Waals surface area contributed by atoms with Gasteiger partial charge < -0.3 is 5.32 Å². The maximum absolute atomic E-state index is 10.8. The fourth-order valence-corrected chi connectivity index (χ4v) is 2.89. The average molecular weight is 263 g/mol. The summed E-state index contributed by atoms with van der Waals surface area (Å²) >= 11 is 0. The summed E-state index contributed by atoms with van der Waals surface area (Å²) in [5, 5.41) is 14.2. The molecule has 0 aliphatic heterocycles. The highest BCUT2D eigenvalue weighted by Crippen LogP contribution is 2.31. The topological polar surface area (TPSA) is 68.1 Å². The summed E-state index contributed by atoms with van der Waals surface area (Å²) in [5.74, 6) is 2.15. The van der Waals surface area contributed by atoms with Crippen LogP contribution in [0.4, 0.5) is 11.5 Å². The smallest absolute Gasteiger partial charge is 0.290 e. The monoisotopic (exact) mass is 263 g/mol. The Morgan fingerprint density at radius 1 is 1.42 bits per heavy atom. The quantitative estimate of drug-likeness (QED) is 0.669. The summed E-state index contributed by atoms with van der Waals surface area (Å²) in [6.45, 7) is 6.30. The first-order chi connectivity index (χ1) is 8.97. The third kappa shape index (κ3) is 3.22. The van der Waals surface area contributed by atoms with Gasteiger partial charge in [0.15, 0.2) is 0 Å². The number of aryl methyl sites for hydroxylation is 1. The Bertz CT molecular complexity index is 476. The highest BCUT2D eigenvalue weighted by molar-refractivity contribution is 5.47. The minimum Gasteiger partial charge on any atom is -0.367 e. The Morgan fingerprint density at radius 3 is 2.74 bits per heavy atom. The first-order valence-electron chi connectivity index (χ1n) is 6.85. The molecule has 0 bridgehead atoms. The van der Waals surface area contributed by atoms with Crippen molar-refractivity contribution in [2.45, 2.75) is 46.1 Å². The van der Waals surface area contributed by atoms with Gasteiger partial charge in [-0.2, -0.15) is 0 Å². The van der Waals surface area contributed by atoms with E-state index in [0.29, 0.717) is 17.5 Å². The van der Waals surface area contributed by atoms with Gasteiger partial charge in [0.05, 0.1) is 4.92 Å². The number of nitrogens with one attached hydrogen (secondary N) is 1. The van der Waals surface area contributed by atoms with E-state index < -0.39 is 4.92 Å². The maximum atomic E-state index is 10.8. The highest BCUT2D eigenvalue weighted by atomic mass is 16.6. The number of anilines is 1. The van der Waals surface area contributed by atoms with Gasteiger partial charge in [0.1, 0.15) is 12.0 Å². The van der Waals surface area contributed by atoms with Crippen LogP contribution in [0.25, 0.3) is 0 Å². The zero-order valence-electron chi connectivity index (χ0n) is 11.7. The van der Waals surface area contributed by atoms with Gasteiger partial charge in [0, 0.05) is 11.6 Å². The van der Waals surface area contributed by atoms with E-state index in [1.165, 1.54) is 19.0 Å². The molecule has 0 amide bonds. The zero-order valence-corrected chi connectivity index (χ0v) is 11.7. The molecule has 19 heavy (non-hydrogen) atoms. The first kappa shape index (κ1) is 13.8. The number of hydrogen-bond donors (Lipinski definition) is 1. The molecule has 3 atom stereocenters. The lowest BCUT2D eigenvalue weighted by atomic mass is 9.80. The van der Waals surface area contributed by atoms with Crippen LogP contribution in [-0.2, 0) is 0 Å². The van der Waals surface area contributed by atoms with Crippen molar-refractivity contribution in [3.63, 3.8) is 0 Å². The van der Waals surface area contributed by atoms with Crippen molar-refractivity contribution < 1.29 is 4.92 Å². The van der Waals surface area contributed by atoms with Crippen molar-refractivity contribution in [3.05, 3.63) is 27.9 Å². The summed E-state index contributed by atoms with van der Waals surface area (Å²) in [4.78, 5) is 14.5. The third-order valence-electron chi connectivity index (χ3n) is 4.04. The number of nitrogens with zero attached hydrogens (tertiary/aromatic N) is 2. The van der Waals surface area contributed by atoms with Crippen LogP contribution in [0.5, 0.6) is 0 Å². The van der Waals surface area contributed by atoms with Crippen LogP contribution in [0, 0.1) is 28.9 Å². The van der Waals surface area contributed by atoms with Crippen LogP contribution >= 0.6 is 0 Å².